The molecule has 1 N–H and O–H groups in total. The van der Waals surface area contributed by atoms with Gasteiger partial charge in [-0.25, -0.2) is 0 Å². The third-order valence-electron chi connectivity index (χ3n) is 1.40. The normalized spacial score (nSPS) is 10.7. The fraction of sp³-hybridized carbons (Fsp3) is 0.556. The van der Waals surface area contributed by atoms with Crippen molar-refractivity contribution < 1.29 is 9.59 Å². The molecule has 0 aromatic carbocycles. The fourth-order valence-corrected chi connectivity index (χ4v) is 0.589. The lowest BCUT2D eigenvalue weighted by molar-refractivity contribution is -0.124. The second-order valence-corrected chi connectivity index (χ2v) is 2.84. The van der Waals surface area contributed by atoms with Crippen LogP contribution in [0.5, 0.6) is 0 Å². The van der Waals surface area contributed by atoms with Gasteiger partial charge in [-0.3, -0.25) is 9.59 Å². The summed E-state index contributed by atoms with van der Waals surface area (Å²) in [5, 5.41) is 2.49. The van der Waals surface area contributed by atoms with Crippen molar-refractivity contribution in [1.82, 2.24) is 5.32 Å². The van der Waals surface area contributed by atoms with Crippen molar-refractivity contribution in [2.24, 2.45) is 5.92 Å². The van der Waals surface area contributed by atoms with Crippen LogP contribution in [0.25, 0.3) is 0 Å². The highest BCUT2D eigenvalue weighted by atomic mass is 16.2. The Morgan fingerprint density at radius 2 is 2.00 bits per heavy atom. The lowest BCUT2D eigenvalue weighted by Crippen LogP contribution is -2.30. The monoisotopic (exact) mass is 169 g/mol. The van der Waals surface area contributed by atoms with E-state index in [2.05, 4.69) is 5.32 Å². The summed E-state index contributed by atoms with van der Waals surface area (Å²) in [6.45, 7) is 5.50. The summed E-state index contributed by atoms with van der Waals surface area (Å²) in [6.07, 6.45) is 3.03. The van der Waals surface area contributed by atoms with Crippen molar-refractivity contribution in [3.63, 3.8) is 0 Å². The molecule has 0 aliphatic heterocycles. The van der Waals surface area contributed by atoms with E-state index in [-0.39, 0.29) is 24.2 Å². The molecule has 3 heteroatoms. The van der Waals surface area contributed by atoms with Crippen molar-refractivity contribution in [1.29, 1.82) is 0 Å². The molecule has 1 amide bonds. The minimum Gasteiger partial charge on any atom is -0.345 e. The van der Waals surface area contributed by atoms with Crippen molar-refractivity contribution >= 4 is 11.7 Å². The van der Waals surface area contributed by atoms with E-state index in [9.17, 15) is 9.59 Å². The van der Waals surface area contributed by atoms with E-state index in [1.807, 2.05) is 13.8 Å². The molecule has 0 aromatic heterocycles. The maximum atomic E-state index is 11.0. The number of hydrogen-bond donors (Lipinski definition) is 1. The zero-order valence-corrected chi connectivity index (χ0v) is 7.76. The predicted molar refractivity (Wildman–Crippen MR) is 47.7 cm³/mol. The first kappa shape index (κ1) is 10.9. The minimum atomic E-state index is -0.216. The Bertz CT molecular complexity index is 195. The summed E-state index contributed by atoms with van der Waals surface area (Å²) in [4.78, 5) is 21.8. The van der Waals surface area contributed by atoms with Crippen LogP contribution in [-0.4, -0.2) is 18.2 Å². The molecule has 0 saturated carbocycles. The number of amides is 1. The molecule has 0 aliphatic carbocycles. The largest absolute Gasteiger partial charge is 0.345 e. The molecule has 0 rings (SSSR count). The van der Waals surface area contributed by atoms with Gasteiger partial charge in [0, 0.05) is 5.92 Å². The van der Waals surface area contributed by atoms with Crippen LogP contribution in [0.3, 0.4) is 0 Å². The van der Waals surface area contributed by atoms with Crippen molar-refractivity contribution in [2.75, 3.05) is 6.54 Å². The summed E-state index contributed by atoms with van der Waals surface area (Å²) in [5.74, 6) is -0.185. The van der Waals surface area contributed by atoms with E-state index >= 15 is 0 Å². The fourth-order valence-electron chi connectivity index (χ4n) is 0.589. The van der Waals surface area contributed by atoms with Crippen LogP contribution in [0.2, 0.25) is 0 Å². The third kappa shape index (κ3) is 4.66. The maximum absolute atomic E-state index is 11.0. The van der Waals surface area contributed by atoms with Crippen molar-refractivity contribution in [3.05, 3.63) is 12.2 Å². The Morgan fingerprint density at radius 1 is 1.42 bits per heavy atom. The third-order valence-corrected chi connectivity index (χ3v) is 1.40. The van der Waals surface area contributed by atoms with Crippen LogP contribution in [0, 0.1) is 5.92 Å². The standard InChI is InChI=1S/C9H15NO2/c1-4-5-9(12)10-6-8(11)7(2)3/h4-5,7H,6H2,1-3H3,(H,10,12)/b5-4-. The van der Waals surface area contributed by atoms with Crippen LogP contribution >= 0.6 is 0 Å². The van der Waals surface area contributed by atoms with Crippen molar-refractivity contribution in [2.45, 2.75) is 20.8 Å². The molecule has 0 bridgehead atoms. The molecule has 0 fully saturated rings. The number of ketones is 1. The quantitative estimate of drug-likeness (QED) is 0.636. The van der Waals surface area contributed by atoms with Gasteiger partial charge in [-0.1, -0.05) is 19.9 Å². The first-order valence-electron chi connectivity index (χ1n) is 4.01. The van der Waals surface area contributed by atoms with Gasteiger partial charge in [0.15, 0.2) is 5.78 Å². The van der Waals surface area contributed by atoms with Crippen LogP contribution in [0.15, 0.2) is 12.2 Å². The van der Waals surface area contributed by atoms with Gasteiger partial charge in [0.05, 0.1) is 6.54 Å². The van der Waals surface area contributed by atoms with Gasteiger partial charge in [-0.15, -0.1) is 0 Å². The SMILES string of the molecule is C/C=C\C(=O)NCC(=O)C(C)C. The zero-order valence-electron chi connectivity index (χ0n) is 7.76. The number of nitrogens with one attached hydrogen (secondary N) is 1. The highest BCUT2D eigenvalue weighted by Gasteiger charge is 2.06. The average molecular weight is 169 g/mol. The lowest BCUT2D eigenvalue weighted by atomic mass is 10.1. The number of Topliss-reactive ketones (excluding diaryl/α,β-unsaturated/α-hetero) is 1. The van der Waals surface area contributed by atoms with Gasteiger partial charge in [0.2, 0.25) is 5.91 Å². The number of carbonyl (C=O) groups excluding carboxylic acids is 2. The molecule has 0 heterocycles. The first-order valence-corrected chi connectivity index (χ1v) is 4.01. The molecule has 12 heavy (non-hydrogen) atoms. The summed E-state index contributed by atoms with van der Waals surface area (Å²) < 4.78 is 0. The second-order valence-electron chi connectivity index (χ2n) is 2.84. The minimum absolute atomic E-state index is 0.0177. The van der Waals surface area contributed by atoms with Crippen LogP contribution in [0.1, 0.15) is 20.8 Å². The van der Waals surface area contributed by atoms with E-state index < -0.39 is 0 Å². The van der Waals surface area contributed by atoms with Gasteiger partial charge in [0.25, 0.3) is 0 Å². The molecule has 0 saturated heterocycles. The van der Waals surface area contributed by atoms with Gasteiger partial charge < -0.3 is 5.32 Å². The zero-order chi connectivity index (χ0) is 9.56. The summed E-state index contributed by atoms with van der Waals surface area (Å²) in [6, 6.07) is 0. The molecule has 68 valence electrons. The Hall–Kier alpha value is -1.12. The smallest absolute Gasteiger partial charge is 0.244 e. The van der Waals surface area contributed by atoms with Crippen LogP contribution in [-0.2, 0) is 9.59 Å². The highest BCUT2D eigenvalue weighted by Crippen LogP contribution is 1.91. The molecule has 0 aliphatic rings. The average Bonchev–Trinajstić information content (AvgIpc) is 2.00. The summed E-state index contributed by atoms with van der Waals surface area (Å²) in [7, 11) is 0. The molecule has 0 spiro atoms. The van der Waals surface area contributed by atoms with E-state index in [0.29, 0.717) is 0 Å². The van der Waals surface area contributed by atoms with E-state index in [1.165, 1.54) is 6.08 Å². The van der Waals surface area contributed by atoms with Crippen molar-refractivity contribution in [3.8, 4) is 0 Å². The van der Waals surface area contributed by atoms with Crippen LogP contribution < -0.4 is 5.32 Å². The maximum Gasteiger partial charge on any atom is 0.244 e. The van der Waals surface area contributed by atoms with Gasteiger partial charge in [0.1, 0.15) is 0 Å². The number of rotatable bonds is 4. The predicted octanol–water partition coefficient (Wildman–Crippen LogP) is 0.904. The highest BCUT2D eigenvalue weighted by molar-refractivity contribution is 5.92. The van der Waals surface area contributed by atoms with Gasteiger partial charge in [-0.2, -0.15) is 0 Å². The number of hydrogen-bond acceptors (Lipinski definition) is 2. The number of carbonyl (C=O) groups is 2. The van der Waals surface area contributed by atoms with Crippen LogP contribution in [0.4, 0.5) is 0 Å². The Kier molecular flexibility index (Phi) is 5.00. The summed E-state index contributed by atoms with van der Waals surface area (Å²) in [5.41, 5.74) is 0. The topological polar surface area (TPSA) is 46.2 Å². The molecule has 0 aromatic rings. The molecule has 0 atom stereocenters. The molecule has 3 nitrogen and oxygen atoms in total. The number of allylic oxidation sites excluding steroid dienone is 1. The summed E-state index contributed by atoms with van der Waals surface area (Å²) >= 11 is 0. The van der Waals surface area contributed by atoms with E-state index in [1.54, 1.807) is 13.0 Å². The second kappa shape index (κ2) is 5.52. The lowest BCUT2D eigenvalue weighted by Gasteiger charge is -2.03. The Balaban J connectivity index is 3.69. The molecule has 0 radical (unpaired) electrons. The molecular formula is C9H15NO2. The van der Waals surface area contributed by atoms with Gasteiger partial charge >= 0.3 is 0 Å². The Morgan fingerprint density at radius 3 is 2.42 bits per heavy atom. The van der Waals surface area contributed by atoms with Gasteiger partial charge in [-0.05, 0) is 13.0 Å². The molecular weight excluding hydrogens is 154 g/mol. The van der Waals surface area contributed by atoms with E-state index in [4.69, 9.17) is 0 Å². The Labute approximate surface area is 72.8 Å². The van der Waals surface area contributed by atoms with E-state index in [0.717, 1.165) is 0 Å². The first-order chi connectivity index (χ1) is 5.57. The molecule has 0 unspecified atom stereocenters.